The molecule has 140 valence electrons. The summed E-state index contributed by atoms with van der Waals surface area (Å²) in [6.45, 7) is 1.29. The second-order valence-corrected chi connectivity index (χ2v) is 8.28. The average molecular weight is 403 g/mol. The molecule has 1 aromatic heterocycles. The third-order valence-corrected chi connectivity index (χ3v) is 6.30. The Labute approximate surface area is 165 Å². The van der Waals surface area contributed by atoms with Crippen molar-refractivity contribution in [2.24, 2.45) is 0 Å². The highest BCUT2D eigenvalue weighted by molar-refractivity contribution is 7.98. The normalized spacial score (nSPS) is 15.3. The van der Waals surface area contributed by atoms with Gasteiger partial charge in [-0.2, -0.15) is 4.98 Å². The summed E-state index contributed by atoms with van der Waals surface area (Å²) in [6.07, 6.45) is 3.48. The van der Waals surface area contributed by atoms with Gasteiger partial charge >= 0.3 is 0 Å². The number of benzene rings is 2. The molecule has 1 amide bonds. The number of amides is 1. The Morgan fingerprint density at radius 3 is 2.78 bits per heavy atom. The molecule has 0 spiro atoms. The molecule has 1 saturated heterocycles. The summed E-state index contributed by atoms with van der Waals surface area (Å²) in [5.74, 6) is -0.266. The molecule has 0 aliphatic carbocycles. The lowest BCUT2D eigenvalue weighted by molar-refractivity contribution is 0.0595. The summed E-state index contributed by atoms with van der Waals surface area (Å²) in [4.78, 5) is 19.9. The summed E-state index contributed by atoms with van der Waals surface area (Å²) in [5.41, 5.74) is 1.08. The van der Waals surface area contributed by atoms with Gasteiger partial charge < -0.3 is 9.64 Å². The number of rotatable bonds is 4. The van der Waals surface area contributed by atoms with E-state index in [2.05, 4.69) is 4.98 Å². The summed E-state index contributed by atoms with van der Waals surface area (Å²) in [5, 5.41) is 0.493. The zero-order valence-corrected chi connectivity index (χ0v) is 16.5. The number of carbonyl (C=O) groups is 1. The number of piperidine rings is 1. The smallest absolute Gasteiger partial charge is 0.274 e. The lowest BCUT2D eigenvalue weighted by Crippen LogP contribution is -2.41. The number of thiazole rings is 1. The molecule has 1 aliphatic rings. The highest BCUT2D eigenvalue weighted by Crippen LogP contribution is 2.31. The van der Waals surface area contributed by atoms with Crippen LogP contribution in [0, 0.1) is 5.82 Å². The lowest BCUT2D eigenvalue weighted by Gasteiger charge is -2.31. The van der Waals surface area contributed by atoms with Gasteiger partial charge in [-0.25, -0.2) is 4.39 Å². The Bertz CT molecular complexity index is 968. The Morgan fingerprint density at radius 2 is 2.04 bits per heavy atom. The van der Waals surface area contributed by atoms with Crippen LogP contribution in [0.4, 0.5) is 4.39 Å². The van der Waals surface area contributed by atoms with Crippen molar-refractivity contribution in [3.63, 3.8) is 0 Å². The lowest BCUT2D eigenvalue weighted by atomic mass is 10.1. The molecular weight excluding hydrogens is 383 g/mol. The standard InChI is InChI=1S/C20H19FN2O2S2/c1-26-15-5-2-4-13(12-15)19(24)23-10-8-14(9-11-23)25-20-22-18-16(21)6-3-7-17(18)27-20/h2-7,12,14H,8-11H2,1H3. The number of ether oxygens (including phenoxy) is 1. The van der Waals surface area contributed by atoms with Gasteiger partial charge in [0.2, 0.25) is 0 Å². The van der Waals surface area contributed by atoms with E-state index < -0.39 is 0 Å². The summed E-state index contributed by atoms with van der Waals surface area (Å²) >= 11 is 2.98. The topological polar surface area (TPSA) is 42.4 Å². The molecule has 0 radical (unpaired) electrons. The van der Waals surface area contributed by atoms with Crippen molar-refractivity contribution in [2.75, 3.05) is 19.3 Å². The molecule has 4 rings (SSSR count). The average Bonchev–Trinajstić information content (AvgIpc) is 3.12. The van der Waals surface area contributed by atoms with Crippen LogP contribution >= 0.6 is 23.1 Å². The number of hydrogen-bond acceptors (Lipinski definition) is 5. The maximum atomic E-state index is 13.8. The van der Waals surface area contributed by atoms with Gasteiger partial charge in [0.15, 0.2) is 0 Å². The van der Waals surface area contributed by atoms with Crippen LogP contribution in [-0.2, 0) is 0 Å². The minimum atomic E-state index is -0.327. The van der Waals surface area contributed by atoms with E-state index >= 15 is 0 Å². The first kappa shape index (κ1) is 18.3. The number of para-hydroxylation sites is 1. The fourth-order valence-electron chi connectivity index (χ4n) is 3.20. The minimum absolute atomic E-state index is 0.00444. The van der Waals surface area contributed by atoms with Crippen LogP contribution < -0.4 is 4.74 Å². The number of likely N-dealkylation sites (tertiary alicyclic amines) is 1. The van der Waals surface area contributed by atoms with E-state index in [1.54, 1.807) is 17.8 Å². The van der Waals surface area contributed by atoms with E-state index in [1.165, 1.54) is 17.4 Å². The summed E-state index contributed by atoms with van der Waals surface area (Å²) in [6, 6.07) is 12.6. The zero-order chi connectivity index (χ0) is 18.8. The fourth-order valence-corrected chi connectivity index (χ4v) is 4.56. The molecule has 0 saturated carbocycles. The first-order valence-electron chi connectivity index (χ1n) is 8.79. The number of nitrogens with zero attached hydrogens (tertiary/aromatic N) is 2. The SMILES string of the molecule is CSc1cccc(C(=O)N2CCC(Oc3nc4c(F)cccc4s3)CC2)c1. The van der Waals surface area contributed by atoms with Crippen LogP contribution in [0.3, 0.4) is 0 Å². The second kappa shape index (κ2) is 7.86. The highest BCUT2D eigenvalue weighted by Gasteiger charge is 2.25. The molecule has 0 bridgehead atoms. The summed E-state index contributed by atoms with van der Waals surface area (Å²) in [7, 11) is 0. The molecule has 0 atom stereocenters. The van der Waals surface area contributed by atoms with Crippen molar-refractivity contribution in [2.45, 2.75) is 23.8 Å². The maximum Gasteiger partial charge on any atom is 0.274 e. The van der Waals surface area contributed by atoms with Crippen molar-refractivity contribution in [1.29, 1.82) is 0 Å². The molecule has 27 heavy (non-hydrogen) atoms. The number of hydrogen-bond donors (Lipinski definition) is 0. The molecule has 0 N–H and O–H groups in total. The monoisotopic (exact) mass is 402 g/mol. The Morgan fingerprint density at radius 1 is 1.26 bits per heavy atom. The minimum Gasteiger partial charge on any atom is -0.467 e. The van der Waals surface area contributed by atoms with Gasteiger partial charge in [-0.15, -0.1) is 11.8 Å². The molecule has 0 unspecified atom stereocenters. The predicted molar refractivity (Wildman–Crippen MR) is 107 cm³/mol. The van der Waals surface area contributed by atoms with Gasteiger partial charge in [0, 0.05) is 36.4 Å². The van der Waals surface area contributed by atoms with E-state index in [9.17, 15) is 9.18 Å². The van der Waals surface area contributed by atoms with Crippen molar-refractivity contribution in [1.82, 2.24) is 9.88 Å². The number of halogens is 1. The van der Waals surface area contributed by atoms with Crippen molar-refractivity contribution < 1.29 is 13.9 Å². The van der Waals surface area contributed by atoms with Crippen LogP contribution in [0.1, 0.15) is 23.2 Å². The molecule has 1 aliphatic heterocycles. The Hall–Kier alpha value is -2.12. The van der Waals surface area contributed by atoms with Crippen LogP contribution in [0.5, 0.6) is 5.19 Å². The predicted octanol–water partition coefficient (Wildman–Crippen LogP) is 4.84. The van der Waals surface area contributed by atoms with Crippen molar-refractivity contribution in [3.05, 3.63) is 53.8 Å². The fraction of sp³-hybridized carbons (Fsp3) is 0.300. The highest BCUT2D eigenvalue weighted by atomic mass is 32.2. The maximum absolute atomic E-state index is 13.8. The van der Waals surface area contributed by atoms with E-state index in [1.807, 2.05) is 41.5 Å². The van der Waals surface area contributed by atoms with Crippen LogP contribution in [0.2, 0.25) is 0 Å². The molecule has 4 nitrogen and oxygen atoms in total. The Kier molecular flexibility index (Phi) is 5.31. The number of aromatic nitrogens is 1. The van der Waals surface area contributed by atoms with Crippen LogP contribution in [0.25, 0.3) is 10.2 Å². The largest absolute Gasteiger partial charge is 0.467 e. The molecular formula is C20H19FN2O2S2. The number of fused-ring (bicyclic) bond motifs is 1. The number of thioether (sulfide) groups is 1. The van der Waals surface area contributed by atoms with Crippen molar-refractivity contribution >= 4 is 39.2 Å². The molecule has 2 heterocycles. The second-order valence-electron chi connectivity index (χ2n) is 6.41. The van der Waals surface area contributed by atoms with E-state index in [0.717, 1.165) is 28.0 Å². The van der Waals surface area contributed by atoms with E-state index in [-0.39, 0.29) is 17.8 Å². The number of carbonyl (C=O) groups excluding carboxylic acids is 1. The quantitative estimate of drug-likeness (QED) is 0.586. The molecule has 2 aromatic carbocycles. The van der Waals surface area contributed by atoms with Gasteiger partial charge in [-0.05, 0) is 36.6 Å². The van der Waals surface area contributed by atoms with E-state index in [4.69, 9.17) is 4.74 Å². The van der Waals surface area contributed by atoms with Gasteiger partial charge in [0.1, 0.15) is 17.4 Å². The molecule has 1 fully saturated rings. The van der Waals surface area contributed by atoms with Gasteiger partial charge in [-0.3, -0.25) is 4.79 Å². The van der Waals surface area contributed by atoms with Crippen LogP contribution in [-0.4, -0.2) is 41.2 Å². The third-order valence-electron chi connectivity index (χ3n) is 4.66. The van der Waals surface area contributed by atoms with Crippen molar-refractivity contribution in [3.8, 4) is 5.19 Å². The zero-order valence-electron chi connectivity index (χ0n) is 14.9. The van der Waals surface area contributed by atoms with Gasteiger partial charge in [0.25, 0.3) is 11.1 Å². The van der Waals surface area contributed by atoms with Gasteiger partial charge in [-0.1, -0.05) is 23.5 Å². The van der Waals surface area contributed by atoms with Gasteiger partial charge in [0.05, 0.1) is 4.70 Å². The first-order valence-corrected chi connectivity index (χ1v) is 10.8. The summed E-state index contributed by atoms with van der Waals surface area (Å²) < 4.78 is 20.5. The van der Waals surface area contributed by atoms with Crippen LogP contribution in [0.15, 0.2) is 47.4 Å². The molecule has 7 heteroatoms. The third kappa shape index (κ3) is 3.94. The molecule has 3 aromatic rings. The first-order chi connectivity index (χ1) is 13.1. The van der Waals surface area contributed by atoms with E-state index in [0.29, 0.717) is 23.8 Å². The Balaban J connectivity index is 1.38.